The van der Waals surface area contributed by atoms with Crippen LogP contribution in [0.1, 0.15) is 6.42 Å². The van der Waals surface area contributed by atoms with Crippen LogP contribution in [0.2, 0.25) is 0 Å². The van der Waals surface area contributed by atoms with Crippen molar-refractivity contribution in [2.45, 2.75) is 6.42 Å². The van der Waals surface area contributed by atoms with Crippen molar-refractivity contribution in [3.8, 4) is 10.6 Å². The average molecular weight is 254 g/mol. The Hall–Kier alpha value is -1.40. The second-order valence-corrected chi connectivity index (χ2v) is 4.89. The zero-order chi connectivity index (χ0) is 11.4. The van der Waals surface area contributed by atoms with Gasteiger partial charge in [-0.25, -0.2) is 4.98 Å². The number of carboxylic acids is 1. The highest BCUT2D eigenvalue weighted by Crippen LogP contribution is 2.28. The Labute approximate surface area is 101 Å². The summed E-state index contributed by atoms with van der Waals surface area (Å²) in [5.74, 6) is -0.803. The summed E-state index contributed by atoms with van der Waals surface area (Å²) >= 11 is 3.13. The minimum atomic E-state index is -0.803. The first-order chi connectivity index (χ1) is 7.75. The van der Waals surface area contributed by atoms with E-state index in [9.17, 15) is 4.79 Å². The van der Waals surface area contributed by atoms with Gasteiger partial charge in [-0.1, -0.05) is 6.07 Å². The standard InChI is InChI=1S/C10H10N2O2S2/c13-9(14)3-4-11-10-12-7(6-16-10)8-2-1-5-15-8/h1-2,5-6H,3-4H2,(H,11,12)(H,13,14). The molecule has 0 amide bonds. The topological polar surface area (TPSA) is 62.2 Å². The summed E-state index contributed by atoms with van der Waals surface area (Å²) in [4.78, 5) is 15.8. The quantitative estimate of drug-likeness (QED) is 0.861. The molecule has 0 bridgehead atoms. The van der Waals surface area contributed by atoms with Gasteiger partial charge >= 0.3 is 5.97 Å². The van der Waals surface area contributed by atoms with Crippen molar-refractivity contribution in [1.82, 2.24) is 4.98 Å². The predicted octanol–water partition coefficient (Wildman–Crippen LogP) is 2.76. The number of aromatic nitrogens is 1. The van der Waals surface area contributed by atoms with Crippen LogP contribution >= 0.6 is 22.7 Å². The molecule has 0 spiro atoms. The predicted molar refractivity (Wildman–Crippen MR) is 66.2 cm³/mol. The van der Waals surface area contributed by atoms with Gasteiger partial charge in [0, 0.05) is 11.9 Å². The van der Waals surface area contributed by atoms with Gasteiger partial charge in [-0.2, -0.15) is 0 Å². The SMILES string of the molecule is O=C(O)CCNc1nc(-c2cccs2)cs1. The number of thiazole rings is 1. The van der Waals surface area contributed by atoms with E-state index in [0.717, 1.165) is 15.7 Å². The average Bonchev–Trinajstić information content (AvgIpc) is 2.85. The van der Waals surface area contributed by atoms with Crippen LogP contribution in [0.25, 0.3) is 10.6 Å². The van der Waals surface area contributed by atoms with E-state index in [0.29, 0.717) is 6.54 Å². The lowest BCUT2D eigenvalue weighted by atomic mass is 10.4. The Bertz CT molecular complexity index is 465. The Morgan fingerprint density at radius 3 is 3.06 bits per heavy atom. The van der Waals surface area contributed by atoms with Gasteiger partial charge in [0.15, 0.2) is 5.13 Å². The Kier molecular flexibility index (Phi) is 3.53. The van der Waals surface area contributed by atoms with Crippen molar-refractivity contribution in [1.29, 1.82) is 0 Å². The Morgan fingerprint density at radius 2 is 2.38 bits per heavy atom. The fourth-order valence-electron chi connectivity index (χ4n) is 1.17. The molecule has 0 aromatic carbocycles. The summed E-state index contributed by atoms with van der Waals surface area (Å²) in [6, 6.07) is 4.00. The first-order valence-electron chi connectivity index (χ1n) is 4.71. The smallest absolute Gasteiger partial charge is 0.305 e. The van der Waals surface area contributed by atoms with Gasteiger partial charge in [-0.15, -0.1) is 22.7 Å². The molecule has 0 fully saturated rings. The van der Waals surface area contributed by atoms with E-state index in [-0.39, 0.29) is 6.42 Å². The molecular formula is C10H10N2O2S2. The highest BCUT2D eigenvalue weighted by molar-refractivity contribution is 7.15. The van der Waals surface area contributed by atoms with Crippen molar-refractivity contribution in [2.75, 3.05) is 11.9 Å². The summed E-state index contributed by atoms with van der Waals surface area (Å²) < 4.78 is 0. The first-order valence-corrected chi connectivity index (χ1v) is 6.47. The molecule has 0 saturated heterocycles. The van der Waals surface area contributed by atoms with E-state index >= 15 is 0 Å². The molecule has 4 nitrogen and oxygen atoms in total. The molecule has 84 valence electrons. The molecule has 0 saturated carbocycles. The number of anilines is 1. The zero-order valence-corrected chi connectivity index (χ0v) is 9.98. The first kappa shape index (κ1) is 11.1. The lowest BCUT2D eigenvalue weighted by molar-refractivity contribution is -0.136. The summed E-state index contributed by atoms with van der Waals surface area (Å²) in [5, 5.41) is 16.2. The van der Waals surface area contributed by atoms with Crippen molar-refractivity contribution in [2.24, 2.45) is 0 Å². The van der Waals surface area contributed by atoms with Gasteiger partial charge in [0.1, 0.15) is 0 Å². The van der Waals surface area contributed by atoms with Crippen LogP contribution < -0.4 is 5.32 Å². The number of nitrogens with one attached hydrogen (secondary N) is 1. The largest absolute Gasteiger partial charge is 0.481 e. The van der Waals surface area contributed by atoms with Gasteiger partial charge in [-0.3, -0.25) is 4.79 Å². The Morgan fingerprint density at radius 1 is 1.50 bits per heavy atom. The third-order valence-corrected chi connectivity index (χ3v) is 3.59. The monoisotopic (exact) mass is 254 g/mol. The van der Waals surface area contributed by atoms with Crippen LogP contribution in [0.4, 0.5) is 5.13 Å². The zero-order valence-electron chi connectivity index (χ0n) is 8.34. The molecule has 0 radical (unpaired) electrons. The van der Waals surface area contributed by atoms with Gasteiger partial charge in [-0.05, 0) is 11.4 Å². The normalized spacial score (nSPS) is 10.2. The highest BCUT2D eigenvalue weighted by atomic mass is 32.1. The number of carboxylic acid groups (broad SMARTS) is 1. The lowest BCUT2D eigenvalue weighted by Gasteiger charge is -1.97. The van der Waals surface area contributed by atoms with E-state index < -0.39 is 5.97 Å². The molecule has 0 atom stereocenters. The van der Waals surface area contributed by atoms with Gasteiger partial charge < -0.3 is 10.4 Å². The maximum Gasteiger partial charge on any atom is 0.305 e. The fraction of sp³-hybridized carbons (Fsp3) is 0.200. The number of aliphatic carboxylic acids is 1. The number of rotatable bonds is 5. The van der Waals surface area contributed by atoms with Gasteiger partial charge in [0.25, 0.3) is 0 Å². The summed E-state index contributed by atoms with van der Waals surface area (Å²) in [6.45, 7) is 0.409. The maximum absolute atomic E-state index is 10.3. The molecule has 2 heterocycles. The van der Waals surface area contributed by atoms with Crippen LogP contribution in [0.3, 0.4) is 0 Å². The molecule has 2 N–H and O–H groups in total. The number of hydrogen-bond acceptors (Lipinski definition) is 5. The van der Waals surface area contributed by atoms with E-state index in [4.69, 9.17) is 5.11 Å². The molecular weight excluding hydrogens is 244 g/mol. The molecule has 0 aliphatic heterocycles. The minimum Gasteiger partial charge on any atom is -0.481 e. The Balaban J connectivity index is 1.95. The third kappa shape index (κ3) is 2.80. The van der Waals surface area contributed by atoms with Crippen LogP contribution in [0, 0.1) is 0 Å². The van der Waals surface area contributed by atoms with Crippen molar-refractivity contribution >= 4 is 33.8 Å². The van der Waals surface area contributed by atoms with Crippen molar-refractivity contribution < 1.29 is 9.90 Å². The molecule has 0 aliphatic rings. The number of hydrogen-bond donors (Lipinski definition) is 2. The van der Waals surface area contributed by atoms with Gasteiger partial charge in [0.2, 0.25) is 0 Å². The number of carbonyl (C=O) groups is 1. The van der Waals surface area contributed by atoms with Crippen molar-refractivity contribution in [3.63, 3.8) is 0 Å². The summed E-state index contributed by atoms with van der Waals surface area (Å²) in [6.07, 6.45) is 0.105. The molecule has 6 heteroatoms. The molecule has 0 aliphatic carbocycles. The highest BCUT2D eigenvalue weighted by Gasteiger charge is 2.05. The molecule has 16 heavy (non-hydrogen) atoms. The van der Waals surface area contributed by atoms with E-state index in [1.165, 1.54) is 11.3 Å². The molecule has 2 aromatic rings. The lowest BCUT2D eigenvalue weighted by Crippen LogP contribution is -2.07. The second-order valence-electron chi connectivity index (χ2n) is 3.09. The minimum absolute atomic E-state index is 0.105. The fourth-order valence-corrected chi connectivity index (χ4v) is 2.67. The van der Waals surface area contributed by atoms with Gasteiger partial charge in [0.05, 0.1) is 17.0 Å². The van der Waals surface area contributed by atoms with Crippen molar-refractivity contribution in [3.05, 3.63) is 22.9 Å². The molecule has 2 aromatic heterocycles. The summed E-state index contributed by atoms with van der Waals surface area (Å²) in [5.41, 5.74) is 0.942. The van der Waals surface area contributed by atoms with Crippen LogP contribution in [-0.2, 0) is 4.79 Å². The van der Waals surface area contributed by atoms with Crippen LogP contribution in [0.15, 0.2) is 22.9 Å². The van der Waals surface area contributed by atoms with E-state index in [2.05, 4.69) is 10.3 Å². The van der Waals surface area contributed by atoms with Crippen LogP contribution in [-0.4, -0.2) is 22.6 Å². The molecule has 2 rings (SSSR count). The third-order valence-electron chi connectivity index (χ3n) is 1.89. The molecule has 0 unspecified atom stereocenters. The van der Waals surface area contributed by atoms with E-state index in [1.807, 2.05) is 22.9 Å². The number of nitrogens with zero attached hydrogens (tertiary/aromatic N) is 1. The van der Waals surface area contributed by atoms with Crippen LogP contribution in [0.5, 0.6) is 0 Å². The maximum atomic E-state index is 10.3. The number of thiophene rings is 1. The second kappa shape index (κ2) is 5.09. The van der Waals surface area contributed by atoms with E-state index in [1.54, 1.807) is 11.3 Å². The summed E-state index contributed by atoms with van der Waals surface area (Å²) in [7, 11) is 0.